The van der Waals surface area contributed by atoms with Gasteiger partial charge in [-0.25, -0.2) is 4.18 Å². The Hall–Kier alpha value is -0.330. The molecule has 0 aromatic rings. The third kappa shape index (κ3) is 3.09. The second kappa shape index (κ2) is 4.89. The van der Waals surface area contributed by atoms with Gasteiger partial charge in [-0.1, -0.05) is 0 Å². The molecule has 10 heteroatoms. The summed E-state index contributed by atoms with van der Waals surface area (Å²) in [5.74, 6) is 0. The number of nitrogens with one attached hydrogen (secondary N) is 1. The van der Waals surface area contributed by atoms with Crippen molar-refractivity contribution in [2.45, 2.75) is 30.6 Å². The van der Waals surface area contributed by atoms with Gasteiger partial charge in [0, 0.05) is 0 Å². The lowest BCUT2D eigenvalue weighted by Crippen LogP contribution is -2.66. The maximum absolute atomic E-state index is 10.4. The smallest absolute Gasteiger partial charge is 0.395 e. The molecule has 6 N–H and O–H groups in total. The molecular weight excluding hydrogens is 246 g/mol. The van der Waals surface area contributed by atoms with Gasteiger partial charge in [-0.05, 0) is 0 Å². The molecule has 0 aromatic heterocycles. The highest BCUT2D eigenvalue weighted by atomic mass is 32.3. The molecule has 5 unspecified atom stereocenters. The molecule has 1 aliphatic rings. The molecule has 1 fully saturated rings. The van der Waals surface area contributed by atoms with Crippen molar-refractivity contribution in [3.05, 3.63) is 0 Å². The van der Waals surface area contributed by atoms with Crippen molar-refractivity contribution < 1.29 is 37.6 Å². The number of hydrogen-bond acceptors (Lipinski definition) is 8. The first-order valence-corrected chi connectivity index (χ1v) is 5.69. The SMILES string of the molecule is O=S(=O)(O)OC1NC(CO)C(O)C(O)C1O. The highest BCUT2D eigenvalue weighted by Gasteiger charge is 2.44. The average molecular weight is 259 g/mol. The molecule has 5 atom stereocenters. The van der Waals surface area contributed by atoms with Gasteiger partial charge in [0.2, 0.25) is 0 Å². The molecular formula is C6H13NO8S. The van der Waals surface area contributed by atoms with E-state index in [1.165, 1.54) is 0 Å². The van der Waals surface area contributed by atoms with E-state index in [-0.39, 0.29) is 0 Å². The average Bonchev–Trinajstić information content (AvgIpc) is 2.17. The zero-order valence-electron chi connectivity index (χ0n) is 7.96. The number of rotatable bonds is 3. The third-order valence-corrected chi connectivity index (χ3v) is 2.67. The lowest BCUT2D eigenvalue weighted by atomic mass is 9.95. The second-order valence-electron chi connectivity index (χ2n) is 3.37. The van der Waals surface area contributed by atoms with Crippen molar-refractivity contribution in [2.75, 3.05) is 6.61 Å². The van der Waals surface area contributed by atoms with Crippen LogP contribution in [0.4, 0.5) is 0 Å². The summed E-state index contributed by atoms with van der Waals surface area (Å²) in [5.41, 5.74) is 0. The Morgan fingerprint density at radius 3 is 2.12 bits per heavy atom. The van der Waals surface area contributed by atoms with Crippen LogP contribution in [0.1, 0.15) is 0 Å². The summed E-state index contributed by atoms with van der Waals surface area (Å²) in [6.45, 7) is -0.615. The molecule has 0 amide bonds. The number of aliphatic hydroxyl groups excluding tert-OH is 4. The van der Waals surface area contributed by atoms with E-state index in [1.54, 1.807) is 0 Å². The molecule has 1 rings (SSSR count). The monoisotopic (exact) mass is 259 g/mol. The Kier molecular flexibility index (Phi) is 4.20. The topological polar surface area (TPSA) is 157 Å². The Labute approximate surface area is 91.2 Å². The van der Waals surface area contributed by atoms with E-state index in [0.717, 1.165) is 0 Å². The van der Waals surface area contributed by atoms with E-state index in [1.807, 2.05) is 0 Å². The number of aliphatic hydroxyl groups is 4. The van der Waals surface area contributed by atoms with Crippen LogP contribution in [0.2, 0.25) is 0 Å². The summed E-state index contributed by atoms with van der Waals surface area (Å²) in [4.78, 5) is 0. The summed E-state index contributed by atoms with van der Waals surface area (Å²) in [6, 6.07) is -1.08. The largest absolute Gasteiger partial charge is 0.398 e. The molecule has 0 radical (unpaired) electrons. The van der Waals surface area contributed by atoms with Crippen molar-refractivity contribution >= 4 is 10.4 Å². The van der Waals surface area contributed by atoms with Crippen molar-refractivity contribution in [2.24, 2.45) is 0 Å². The van der Waals surface area contributed by atoms with Gasteiger partial charge in [0.05, 0.1) is 12.6 Å². The molecule has 16 heavy (non-hydrogen) atoms. The minimum atomic E-state index is -4.83. The molecule has 1 saturated heterocycles. The van der Waals surface area contributed by atoms with Crippen molar-refractivity contribution in [1.29, 1.82) is 0 Å². The minimum Gasteiger partial charge on any atom is -0.395 e. The number of piperidine rings is 1. The first-order valence-electron chi connectivity index (χ1n) is 4.33. The van der Waals surface area contributed by atoms with Crippen LogP contribution in [-0.4, -0.2) is 70.6 Å². The van der Waals surface area contributed by atoms with E-state index >= 15 is 0 Å². The molecule has 96 valence electrons. The Bertz CT molecular complexity index is 329. The first-order chi connectivity index (χ1) is 7.26. The molecule has 0 aliphatic carbocycles. The third-order valence-electron chi connectivity index (χ3n) is 2.22. The van der Waals surface area contributed by atoms with E-state index < -0.39 is 47.6 Å². The quantitative estimate of drug-likeness (QED) is 0.279. The van der Waals surface area contributed by atoms with Crippen LogP contribution in [-0.2, 0) is 14.6 Å². The van der Waals surface area contributed by atoms with Crippen molar-refractivity contribution in [3.63, 3.8) is 0 Å². The number of hydrogen-bond donors (Lipinski definition) is 6. The molecule has 0 saturated carbocycles. The summed E-state index contributed by atoms with van der Waals surface area (Å²) < 4.78 is 33.2. The summed E-state index contributed by atoms with van der Waals surface area (Å²) >= 11 is 0. The van der Waals surface area contributed by atoms with Crippen LogP contribution in [0.3, 0.4) is 0 Å². The molecule has 0 aromatic carbocycles. The fraction of sp³-hybridized carbons (Fsp3) is 1.00. The minimum absolute atomic E-state index is 0.615. The van der Waals surface area contributed by atoms with Crippen LogP contribution in [0.5, 0.6) is 0 Å². The van der Waals surface area contributed by atoms with Gasteiger partial charge in [-0.3, -0.25) is 9.87 Å². The zero-order chi connectivity index (χ0) is 12.5. The van der Waals surface area contributed by atoms with Crippen LogP contribution in [0.15, 0.2) is 0 Å². The van der Waals surface area contributed by atoms with E-state index in [9.17, 15) is 23.7 Å². The standard InChI is InChI=1S/C6H13NO8S/c8-1-2-3(9)4(10)5(11)6(7-2)15-16(12,13)14/h2-11H,1H2,(H,12,13,14). The Morgan fingerprint density at radius 1 is 1.12 bits per heavy atom. The van der Waals surface area contributed by atoms with Crippen LogP contribution < -0.4 is 5.32 Å². The molecule has 0 bridgehead atoms. The van der Waals surface area contributed by atoms with Gasteiger partial charge in [0.1, 0.15) is 18.3 Å². The van der Waals surface area contributed by atoms with E-state index in [4.69, 9.17) is 9.66 Å². The first kappa shape index (κ1) is 13.7. The molecule has 1 aliphatic heterocycles. The van der Waals surface area contributed by atoms with E-state index in [0.29, 0.717) is 0 Å². The van der Waals surface area contributed by atoms with Gasteiger partial charge in [0.25, 0.3) is 0 Å². The predicted molar refractivity (Wildman–Crippen MR) is 48.5 cm³/mol. The van der Waals surface area contributed by atoms with Gasteiger partial charge in [-0.2, -0.15) is 8.42 Å². The maximum atomic E-state index is 10.4. The summed E-state index contributed by atoms with van der Waals surface area (Å²) in [6.07, 6.45) is -6.60. The Balaban J connectivity index is 2.79. The maximum Gasteiger partial charge on any atom is 0.398 e. The van der Waals surface area contributed by atoms with E-state index in [2.05, 4.69) is 9.50 Å². The highest BCUT2D eigenvalue weighted by Crippen LogP contribution is 2.17. The summed E-state index contributed by atoms with van der Waals surface area (Å²) in [7, 11) is -4.83. The lowest BCUT2D eigenvalue weighted by molar-refractivity contribution is -0.154. The van der Waals surface area contributed by atoms with Gasteiger partial charge in [0.15, 0.2) is 6.23 Å². The highest BCUT2D eigenvalue weighted by molar-refractivity contribution is 7.80. The molecule has 1 heterocycles. The van der Waals surface area contributed by atoms with Gasteiger partial charge < -0.3 is 20.4 Å². The Morgan fingerprint density at radius 2 is 1.69 bits per heavy atom. The fourth-order valence-electron chi connectivity index (χ4n) is 1.40. The van der Waals surface area contributed by atoms with Crippen LogP contribution >= 0.6 is 0 Å². The predicted octanol–water partition coefficient (Wildman–Crippen LogP) is -3.82. The molecule has 9 nitrogen and oxygen atoms in total. The van der Waals surface area contributed by atoms with Crippen LogP contribution in [0.25, 0.3) is 0 Å². The van der Waals surface area contributed by atoms with Crippen molar-refractivity contribution in [1.82, 2.24) is 5.32 Å². The normalized spacial score (nSPS) is 40.9. The van der Waals surface area contributed by atoms with Gasteiger partial charge >= 0.3 is 10.4 Å². The van der Waals surface area contributed by atoms with Crippen molar-refractivity contribution in [3.8, 4) is 0 Å². The zero-order valence-corrected chi connectivity index (χ0v) is 8.78. The molecule has 0 spiro atoms. The summed E-state index contributed by atoms with van der Waals surface area (Å²) in [5, 5.41) is 39.0. The lowest BCUT2D eigenvalue weighted by Gasteiger charge is -2.39. The van der Waals surface area contributed by atoms with Crippen LogP contribution in [0, 0.1) is 0 Å². The fourth-order valence-corrected chi connectivity index (χ4v) is 1.84. The second-order valence-corrected chi connectivity index (χ2v) is 4.42. The van der Waals surface area contributed by atoms with Gasteiger partial charge in [-0.15, -0.1) is 0 Å².